The zero-order chi connectivity index (χ0) is 15.0. The first-order chi connectivity index (χ1) is 10.1. The summed E-state index contributed by atoms with van der Waals surface area (Å²) in [6, 6.07) is 3.43. The van der Waals surface area contributed by atoms with Crippen molar-refractivity contribution in [2.45, 2.75) is 0 Å². The van der Waals surface area contributed by atoms with Gasteiger partial charge in [-0.15, -0.1) is 11.3 Å². The van der Waals surface area contributed by atoms with Gasteiger partial charge in [-0.05, 0) is 12.1 Å². The lowest BCUT2D eigenvalue weighted by molar-refractivity contribution is 0.0686. The maximum Gasteiger partial charge on any atom is 0.354 e. The molecule has 1 amide bonds. The van der Waals surface area contributed by atoms with E-state index in [1.165, 1.54) is 11.3 Å². The number of thiazole rings is 1. The zero-order valence-electron chi connectivity index (χ0n) is 10.3. The van der Waals surface area contributed by atoms with Gasteiger partial charge in [0.2, 0.25) is 0 Å². The number of nitrogens with one attached hydrogen (secondary N) is 2. The van der Waals surface area contributed by atoms with Crippen molar-refractivity contribution in [3.63, 3.8) is 0 Å². The van der Waals surface area contributed by atoms with Crippen LogP contribution in [0.1, 0.15) is 21.0 Å². The molecule has 0 aliphatic carbocycles. The molecule has 0 spiro atoms. The van der Waals surface area contributed by atoms with E-state index in [0.717, 1.165) is 11.0 Å². The molecule has 9 heteroatoms. The van der Waals surface area contributed by atoms with Crippen molar-refractivity contribution in [2.24, 2.45) is 0 Å². The van der Waals surface area contributed by atoms with E-state index in [1.54, 1.807) is 17.6 Å². The van der Waals surface area contributed by atoms with Gasteiger partial charge in [0.25, 0.3) is 5.91 Å². The van der Waals surface area contributed by atoms with E-state index < -0.39 is 11.9 Å². The lowest BCUT2D eigenvalue weighted by Crippen LogP contribution is -2.17. The number of carbonyl (C=O) groups is 2. The minimum absolute atomic E-state index is 0.217. The number of aromatic carboxylic acids is 1. The predicted molar refractivity (Wildman–Crippen MR) is 78.1 cm³/mol. The normalized spacial score (nSPS) is 10.7. The number of H-pyrrole nitrogens is 1. The van der Waals surface area contributed by atoms with Crippen LogP contribution < -0.4 is 5.32 Å². The number of benzene rings is 1. The van der Waals surface area contributed by atoms with Crippen LogP contribution in [0.2, 0.25) is 5.02 Å². The summed E-state index contributed by atoms with van der Waals surface area (Å²) in [6.07, 6.45) is 1.14. The first-order valence-corrected chi connectivity index (χ1v) is 6.93. The Kier molecular flexibility index (Phi) is 3.32. The Morgan fingerprint density at radius 2 is 2.14 bits per heavy atom. The highest BCUT2D eigenvalue weighted by Crippen LogP contribution is 2.32. The first kappa shape index (κ1) is 13.5. The van der Waals surface area contributed by atoms with Crippen molar-refractivity contribution < 1.29 is 14.7 Å². The van der Waals surface area contributed by atoms with Gasteiger partial charge in [0.1, 0.15) is 5.52 Å². The van der Waals surface area contributed by atoms with Crippen LogP contribution in [-0.4, -0.2) is 31.9 Å². The van der Waals surface area contributed by atoms with Gasteiger partial charge in [0, 0.05) is 0 Å². The molecule has 0 unspecified atom stereocenters. The lowest BCUT2D eigenvalue weighted by Gasteiger charge is -2.07. The predicted octanol–water partition coefficient (Wildman–Crippen LogP) is 2.62. The van der Waals surface area contributed by atoms with E-state index in [4.69, 9.17) is 16.7 Å². The van der Waals surface area contributed by atoms with Gasteiger partial charge in [-0.2, -0.15) is 0 Å². The number of halogens is 1. The summed E-state index contributed by atoms with van der Waals surface area (Å²) in [5.74, 6) is -1.94. The Bertz CT molecular complexity index is 857. The summed E-state index contributed by atoms with van der Waals surface area (Å²) in [5, 5.41) is 11.9. The van der Waals surface area contributed by atoms with Crippen LogP contribution in [0.25, 0.3) is 10.2 Å². The molecule has 2 aromatic heterocycles. The minimum Gasteiger partial charge on any atom is -0.477 e. The minimum atomic E-state index is -1.27. The molecule has 0 radical (unpaired) electrons. The number of imidazole rings is 1. The molecule has 7 nitrogen and oxygen atoms in total. The third kappa shape index (κ3) is 2.34. The van der Waals surface area contributed by atoms with E-state index in [9.17, 15) is 9.59 Å². The summed E-state index contributed by atoms with van der Waals surface area (Å²) in [4.78, 5) is 33.4. The molecule has 3 aromatic rings. The third-order valence-electron chi connectivity index (χ3n) is 2.76. The molecule has 0 saturated carbocycles. The number of fused-ring (bicyclic) bond motifs is 1. The van der Waals surface area contributed by atoms with E-state index in [0.29, 0.717) is 16.2 Å². The van der Waals surface area contributed by atoms with Crippen LogP contribution >= 0.6 is 22.9 Å². The van der Waals surface area contributed by atoms with Crippen molar-refractivity contribution in [3.05, 3.63) is 40.4 Å². The van der Waals surface area contributed by atoms with Crippen molar-refractivity contribution in [3.8, 4) is 0 Å². The Morgan fingerprint density at radius 3 is 2.90 bits per heavy atom. The van der Waals surface area contributed by atoms with E-state index in [-0.39, 0.29) is 11.4 Å². The SMILES string of the molecule is O=C(Nc1c(Cl)ccc2scnc12)c1nc[nH]c1C(=O)O. The molecule has 106 valence electrons. The second kappa shape index (κ2) is 5.15. The Balaban J connectivity index is 2.00. The highest BCUT2D eigenvalue weighted by Gasteiger charge is 2.21. The number of amides is 1. The Morgan fingerprint density at radius 1 is 1.33 bits per heavy atom. The van der Waals surface area contributed by atoms with E-state index in [1.807, 2.05) is 0 Å². The summed E-state index contributed by atoms with van der Waals surface area (Å²) in [7, 11) is 0. The molecule has 3 N–H and O–H groups in total. The number of aromatic amines is 1. The molecule has 0 fully saturated rings. The zero-order valence-corrected chi connectivity index (χ0v) is 11.8. The largest absolute Gasteiger partial charge is 0.477 e. The summed E-state index contributed by atoms with van der Waals surface area (Å²) in [5.41, 5.74) is 2.02. The molecular weight excluding hydrogens is 316 g/mol. The Labute approximate surface area is 126 Å². The Hall–Kier alpha value is -2.45. The standard InChI is InChI=1S/C12H7ClN4O3S/c13-5-1-2-6-8(16-4-21-6)7(5)17-11(18)9-10(12(19)20)15-3-14-9/h1-4H,(H,14,15)(H,17,18)(H,19,20). The highest BCUT2D eigenvalue weighted by atomic mass is 35.5. The molecule has 0 bridgehead atoms. The fraction of sp³-hybridized carbons (Fsp3) is 0. The number of rotatable bonds is 3. The maximum absolute atomic E-state index is 12.2. The monoisotopic (exact) mass is 322 g/mol. The molecular formula is C12H7ClN4O3S. The lowest BCUT2D eigenvalue weighted by atomic mass is 10.2. The van der Waals surface area contributed by atoms with Crippen LogP contribution in [0.15, 0.2) is 24.0 Å². The van der Waals surface area contributed by atoms with Gasteiger partial charge in [-0.1, -0.05) is 11.6 Å². The smallest absolute Gasteiger partial charge is 0.354 e. The van der Waals surface area contributed by atoms with Crippen molar-refractivity contribution >= 4 is 50.7 Å². The second-order valence-corrected chi connectivity index (χ2v) is 5.30. The average Bonchev–Trinajstić information content (AvgIpc) is 3.09. The fourth-order valence-electron chi connectivity index (χ4n) is 1.83. The third-order valence-corrected chi connectivity index (χ3v) is 3.87. The number of anilines is 1. The van der Waals surface area contributed by atoms with Crippen LogP contribution in [0.4, 0.5) is 5.69 Å². The van der Waals surface area contributed by atoms with Crippen molar-refractivity contribution in [1.29, 1.82) is 0 Å². The van der Waals surface area contributed by atoms with E-state index >= 15 is 0 Å². The van der Waals surface area contributed by atoms with Crippen molar-refractivity contribution in [1.82, 2.24) is 15.0 Å². The number of carboxylic acids is 1. The summed E-state index contributed by atoms with van der Waals surface area (Å²) < 4.78 is 0.857. The molecule has 2 heterocycles. The summed E-state index contributed by atoms with van der Waals surface area (Å²) >= 11 is 7.48. The van der Waals surface area contributed by atoms with Gasteiger partial charge in [-0.3, -0.25) is 4.79 Å². The summed E-state index contributed by atoms with van der Waals surface area (Å²) in [6.45, 7) is 0. The highest BCUT2D eigenvalue weighted by molar-refractivity contribution is 7.16. The second-order valence-electron chi connectivity index (χ2n) is 4.01. The van der Waals surface area contributed by atoms with Gasteiger partial charge < -0.3 is 15.4 Å². The topological polar surface area (TPSA) is 108 Å². The number of hydrogen-bond acceptors (Lipinski definition) is 5. The first-order valence-electron chi connectivity index (χ1n) is 5.67. The number of hydrogen-bond donors (Lipinski definition) is 3. The number of aromatic nitrogens is 3. The molecule has 0 aliphatic rings. The molecule has 21 heavy (non-hydrogen) atoms. The molecule has 0 saturated heterocycles. The number of nitrogens with zero attached hydrogens (tertiary/aromatic N) is 2. The van der Waals surface area contributed by atoms with Gasteiger partial charge >= 0.3 is 5.97 Å². The molecule has 3 rings (SSSR count). The van der Waals surface area contributed by atoms with E-state index in [2.05, 4.69) is 20.3 Å². The maximum atomic E-state index is 12.2. The molecule has 0 atom stereocenters. The molecule has 1 aromatic carbocycles. The van der Waals surface area contributed by atoms with Gasteiger partial charge in [0.15, 0.2) is 11.4 Å². The quantitative estimate of drug-likeness (QED) is 0.687. The van der Waals surface area contributed by atoms with Crippen LogP contribution in [0.3, 0.4) is 0 Å². The van der Waals surface area contributed by atoms with Crippen LogP contribution in [-0.2, 0) is 0 Å². The fourth-order valence-corrected chi connectivity index (χ4v) is 2.71. The number of carbonyl (C=O) groups excluding carboxylic acids is 1. The van der Waals surface area contributed by atoms with Gasteiger partial charge in [0.05, 0.1) is 27.2 Å². The number of carboxylic acid groups (broad SMARTS) is 1. The van der Waals surface area contributed by atoms with Crippen LogP contribution in [0, 0.1) is 0 Å². The molecule has 0 aliphatic heterocycles. The van der Waals surface area contributed by atoms with Crippen LogP contribution in [0.5, 0.6) is 0 Å². The average molecular weight is 323 g/mol. The van der Waals surface area contributed by atoms with Gasteiger partial charge in [-0.25, -0.2) is 14.8 Å². The van der Waals surface area contributed by atoms with Crippen molar-refractivity contribution in [2.75, 3.05) is 5.32 Å².